The zero-order valence-electron chi connectivity index (χ0n) is 15.6. The van der Waals surface area contributed by atoms with Crippen LogP contribution in [-0.2, 0) is 0 Å². The van der Waals surface area contributed by atoms with Crippen molar-refractivity contribution in [3.05, 3.63) is 25.3 Å². The van der Waals surface area contributed by atoms with Crippen molar-refractivity contribution in [1.82, 2.24) is 0 Å². The van der Waals surface area contributed by atoms with Gasteiger partial charge in [-0.1, -0.05) is 64.5 Å². The Morgan fingerprint density at radius 3 is 2.39 bits per heavy atom. The van der Waals surface area contributed by atoms with Gasteiger partial charge in [0.2, 0.25) is 0 Å². The van der Waals surface area contributed by atoms with Crippen molar-refractivity contribution in [1.29, 1.82) is 0 Å². The standard InChI is InChI=1S/C21H39NS/c1-5-9-11-14-18-17-20(22)19(13-7-3)21(23-18,15-8-4)16-12-10-6-2/h7-8,18-20H,3-6,9-17,22H2,1-2H3. The van der Waals surface area contributed by atoms with Gasteiger partial charge in [-0.25, -0.2) is 0 Å². The van der Waals surface area contributed by atoms with E-state index in [1.165, 1.54) is 57.8 Å². The van der Waals surface area contributed by atoms with Crippen LogP contribution in [0.15, 0.2) is 25.3 Å². The van der Waals surface area contributed by atoms with Crippen molar-refractivity contribution < 1.29 is 0 Å². The number of rotatable bonds is 12. The van der Waals surface area contributed by atoms with Crippen LogP contribution in [0.1, 0.15) is 84.5 Å². The van der Waals surface area contributed by atoms with Crippen molar-refractivity contribution in [3.8, 4) is 0 Å². The highest BCUT2D eigenvalue weighted by atomic mass is 32.2. The monoisotopic (exact) mass is 337 g/mol. The SMILES string of the molecule is C=CCC1C(N)CC(CCCCC)SC1(CC=C)CCCCC. The number of unbranched alkanes of at least 4 members (excludes halogenated alkanes) is 4. The molecule has 0 aliphatic carbocycles. The number of hydrogen-bond acceptors (Lipinski definition) is 2. The topological polar surface area (TPSA) is 26.0 Å². The third kappa shape index (κ3) is 6.31. The van der Waals surface area contributed by atoms with Crippen LogP contribution >= 0.6 is 11.8 Å². The van der Waals surface area contributed by atoms with Gasteiger partial charge in [0.05, 0.1) is 0 Å². The molecule has 1 nitrogen and oxygen atoms in total. The Bertz CT molecular complexity index is 341. The molecule has 1 saturated heterocycles. The van der Waals surface area contributed by atoms with Crippen molar-refractivity contribution in [2.24, 2.45) is 11.7 Å². The maximum absolute atomic E-state index is 6.67. The van der Waals surface area contributed by atoms with Crippen LogP contribution in [0.25, 0.3) is 0 Å². The van der Waals surface area contributed by atoms with Gasteiger partial charge >= 0.3 is 0 Å². The molecule has 1 aliphatic heterocycles. The Morgan fingerprint density at radius 1 is 1.09 bits per heavy atom. The lowest BCUT2D eigenvalue weighted by molar-refractivity contribution is 0.267. The van der Waals surface area contributed by atoms with E-state index in [0.29, 0.717) is 16.7 Å². The van der Waals surface area contributed by atoms with Crippen LogP contribution in [0, 0.1) is 5.92 Å². The summed E-state index contributed by atoms with van der Waals surface area (Å²) >= 11 is 2.26. The Morgan fingerprint density at radius 2 is 1.78 bits per heavy atom. The zero-order chi connectivity index (χ0) is 17.1. The van der Waals surface area contributed by atoms with E-state index in [1.54, 1.807) is 0 Å². The molecule has 4 unspecified atom stereocenters. The first-order chi connectivity index (χ1) is 11.1. The molecule has 0 radical (unpaired) electrons. The van der Waals surface area contributed by atoms with Gasteiger partial charge in [-0.15, -0.1) is 13.2 Å². The molecule has 1 aliphatic rings. The lowest BCUT2D eigenvalue weighted by Crippen LogP contribution is -2.51. The molecule has 0 saturated carbocycles. The molecule has 0 bridgehead atoms. The Labute approximate surface area is 149 Å². The summed E-state index contributed by atoms with van der Waals surface area (Å²) in [5.41, 5.74) is 6.67. The molecule has 134 valence electrons. The minimum Gasteiger partial charge on any atom is -0.327 e. The van der Waals surface area contributed by atoms with Crippen LogP contribution in [-0.4, -0.2) is 16.0 Å². The summed E-state index contributed by atoms with van der Waals surface area (Å²) in [6.45, 7) is 12.6. The summed E-state index contributed by atoms with van der Waals surface area (Å²) in [7, 11) is 0. The summed E-state index contributed by atoms with van der Waals surface area (Å²) in [6, 6.07) is 0.322. The summed E-state index contributed by atoms with van der Waals surface area (Å²) in [6.07, 6.45) is 18.1. The van der Waals surface area contributed by atoms with Crippen LogP contribution < -0.4 is 5.73 Å². The molecule has 2 N–H and O–H groups in total. The van der Waals surface area contributed by atoms with E-state index in [0.717, 1.165) is 18.1 Å². The predicted molar refractivity (Wildman–Crippen MR) is 108 cm³/mol. The molecule has 0 spiro atoms. The molecule has 23 heavy (non-hydrogen) atoms. The Balaban J connectivity index is 2.87. The normalized spacial score (nSPS) is 31.0. The van der Waals surface area contributed by atoms with Crippen LogP contribution in [0.2, 0.25) is 0 Å². The van der Waals surface area contributed by atoms with Crippen LogP contribution in [0.5, 0.6) is 0 Å². The molecule has 2 heteroatoms. The van der Waals surface area contributed by atoms with Crippen molar-refractivity contribution in [3.63, 3.8) is 0 Å². The molecule has 0 aromatic rings. The predicted octanol–water partition coefficient (Wildman–Crippen LogP) is 6.49. The maximum atomic E-state index is 6.67. The quantitative estimate of drug-likeness (QED) is 0.325. The number of nitrogens with two attached hydrogens (primary N) is 1. The van der Waals surface area contributed by atoms with Gasteiger partial charge in [-0.2, -0.15) is 11.8 Å². The molecule has 4 atom stereocenters. The third-order valence-electron chi connectivity index (χ3n) is 5.37. The van der Waals surface area contributed by atoms with E-state index in [-0.39, 0.29) is 0 Å². The average Bonchev–Trinajstić information content (AvgIpc) is 2.52. The largest absolute Gasteiger partial charge is 0.327 e. The van der Waals surface area contributed by atoms with Gasteiger partial charge in [-0.05, 0) is 38.0 Å². The van der Waals surface area contributed by atoms with Crippen molar-refractivity contribution in [2.75, 3.05) is 0 Å². The molecule has 1 rings (SSSR count). The van der Waals surface area contributed by atoms with E-state index in [4.69, 9.17) is 5.73 Å². The Kier molecular flexibility index (Phi) is 10.3. The molecular weight excluding hydrogens is 298 g/mol. The van der Waals surface area contributed by atoms with E-state index in [2.05, 4.69) is 50.9 Å². The second kappa shape index (κ2) is 11.4. The zero-order valence-corrected chi connectivity index (χ0v) is 16.4. The minimum absolute atomic E-state index is 0.291. The highest BCUT2D eigenvalue weighted by Crippen LogP contribution is 2.52. The van der Waals surface area contributed by atoms with Gasteiger partial charge in [0.15, 0.2) is 0 Å². The highest BCUT2D eigenvalue weighted by molar-refractivity contribution is 8.01. The fraction of sp³-hybridized carbons (Fsp3) is 0.810. The van der Waals surface area contributed by atoms with Gasteiger partial charge < -0.3 is 5.73 Å². The van der Waals surface area contributed by atoms with E-state index in [9.17, 15) is 0 Å². The molecule has 0 aromatic heterocycles. The molecule has 1 fully saturated rings. The van der Waals surface area contributed by atoms with Gasteiger partial charge in [0.25, 0.3) is 0 Å². The number of thioether (sulfide) groups is 1. The van der Waals surface area contributed by atoms with Gasteiger partial charge in [-0.3, -0.25) is 0 Å². The van der Waals surface area contributed by atoms with Gasteiger partial charge in [0.1, 0.15) is 0 Å². The average molecular weight is 338 g/mol. The van der Waals surface area contributed by atoms with Crippen molar-refractivity contribution >= 4 is 11.8 Å². The van der Waals surface area contributed by atoms with E-state index in [1.807, 2.05) is 0 Å². The molecule has 1 heterocycles. The summed E-state index contributed by atoms with van der Waals surface area (Å²) < 4.78 is 0.291. The van der Waals surface area contributed by atoms with Crippen molar-refractivity contribution in [2.45, 2.75) is 101 Å². The molecule has 0 aromatic carbocycles. The fourth-order valence-corrected chi connectivity index (χ4v) is 6.35. The van der Waals surface area contributed by atoms with E-state index >= 15 is 0 Å². The first-order valence-corrected chi connectivity index (χ1v) is 10.7. The van der Waals surface area contributed by atoms with Crippen LogP contribution in [0.4, 0.5) is 0 Å². The first-order valence-electron chi connectivity index (χ1n) is 9.78. The van der Waals surface area contributed by atoms with E-state index < -0.39 is 0 Å². The Hall–Kier alpha value is -0.210. The minimum atomic E-state index is 0.291. The maximum Gasteiger partial charge on any atom is 0.0243 e. The summed E-state index contributed by atoms with van der Waals surface area (Å²) in [4.78, 5) is 0. The number of allylic oxidation sites excluding steroid dienone is 2. The number of hydrogen-bond donors (Lipinski definition) is 1. The second-order valence-electron chi connectivity index (χ2n) is 7.28. The molecular formula is C21H39NS. The second-order valence-corrected chi connectivity index (χ2v) is 9.00. The summed E-state index contributed by atoms with van der Waals surface area (Å²) in [5.74, 6) is 0.558. The smallest absolute Gasteiger partial charge is 0.0243 e. The van der Waals surface area contributed by atoms with Crippen LogP contribution in [0.3, 0.4) is 0 Å². The third-order valence-corrected chi connectivity index (χ3v) is 7.28. The lowest BCUT2D eigenvalue weighted by Gasteiger charge is -2.50. The first kappa shape index (κ1) is 20.8. The van der Waals surface area contributed by atoms with Gasteiger partial charge in [0, 0.05) is 16.0 Å². The summed E-state index contributed by atoms with van der Waals surface area (Å²) in [5, 5.41) is 0.735. The molecule has 0 amide bonds. The lowest BCUT2D eigenvalue weighted by atomic mass is 9.75. The fourth-order valence-electron chi connectivity index (χ4n) is 4.16. The highest BCUT2D eigenvalue weighted by Gasteiger charge is 2.46.